The molecular weight excluding hydrogens is 462 g/mol. The van der Waals surface area contributed by atoms with Crippen molar-refractivity contribution in [1.29, 1.82) is 5.26 Å². The Bertz CT molecular complexity index is 978. The van der Waals surface area contributed by atoms with Crippen molar-refractivity contribution < 1.29 is 14.6 Å². The minimum Gasteiger partial charge on any atom is -0.490 e. The lowest BCUT2D eigenvalue weighted by Gasteiger charge is -2.22. The summed E-state index contributed by atoms with van der Waals surface area (Å²) in [6, 6.07) is 9.09. The predicted octanol–water partition coefficient (Wildman–Crippen LogP) is 7.87. The Morgan fingerprint density at radius 2 is 1.65 bits per heavy atom. The molecule has 0 amide bonds. The van der Waals surface area contributed by atoms with E-state index >= 15 is 0 Å². The first-order valence-electron chi connectivity index (χ1n) is 14.3. The standard InChI is InChI=1S/C31H43N3O3/c1-2-3-4-11-20-31(24-32,30(35)36)27-18-16-26(17-19-27)29-33-22-28(23-34-29)37-21-12-7-5-6-8-13-25-14-9-10-15-25/h16-19,22-23,25H,2-15,20-21H2,1H3,(H,35,36)/t31-/m1/s1. The van der Waals surface area contributed by atoms with E-state index in [-0.39, 0.29) is 0 Å². The molecule has 1 aromatic carbocycles. The van der Waals surface area contributed by atoms with Crippen molar-refractivity contribution in [3.05, 3.63) is 42.2 Å². The van der Waals surface area contributed by atoms with E-state index in [1.54, 1.807) is 36.7 Å². The van der Waals surface area contributed by atoms with E-state index in [9.17, 15) is 15.2 Å². The van der Waals surface area contributed by atoms with Crippen LogP contribution < -0.4 is 4.74 Å². The molecule has 6 heteroatoms. The lowest BCUT2D eigenvalue weighted by atomic mass is 9.77. The van der Waals surface area contributed by atoms with Crippen molar-refractivity contribution >= 4 is 5.97 Å². The molecule has 0 radical (unpaired) electrons. The third-order valence-corrected chi connectivity index (χ3v) is 7.73. The third kappa shape index (κ3) is 8.55. The number of aromatic nitrogens is 2. The van der Waals surface area contributed by atoms with Crippen LogP contribution >= 0.6 is 0 Å². The van der Waals surface area contributed by atoms with Crippen LogP contribution in [0.1, 0.15) is 109 Å². The molecule has 0 unspecified atom stereocenters. The highest BCUT2D eigenvalue weighted by molar-refractivity contribution is 5.85. The molecular formula is C31H43N3O3. The van der Waals surface area contributed by atoms with Gasteiger partial charge < -0.3 is 9.84 Å². The molecule has 0 spiro atoms. The minimum atomic E-state index is -1.53. The lowest BCUT2D eigenvalue weighted by Crippen LogP contribution is -2.34. The Morgan fingerprint density at radius 3 is 2.30 bits per heavy atom. The van der Waals surface area contributed by atoms with Crippen LogP contribution in [0.4, 0.5) is 0 Å². The first-order valence-corrected chi connectivity index (χ1v) is 14.3. The molecule has 200 valence electrons. The van der Waals surface area contributed by atoms with Crippen LogP contribution in [0.3, 0.4) is 0 Å². The molecule has 37 heavy (non-hydrogen) atoms. The second kappa shape index (κ2) is 15.3. The zero-order valence-corrected chi connectivity index (χ0v) is 22.5. The van der Waals surface area contributed by atoms with Gasteiger partial charge in [0, 0.05) is 5.56 Å². The van der Waals surface area contributed by atoms with Crippen molar-refractivity contribution in [1.82, 2.24) is 9.97 Å². The normalized spacial score (nSPS) is 15.2. The Balaban J connectivity index is 1.44. The van der Waals surface area contributed by atoms with Gasteiger partial charge in [-0.25, -0.2) is 9.97 Å². The SMILES string of the molecule is CCCCCC[C@](C#N)(C(=O)O)c1ccc(-c2ncc(OCCCCCCCC3CCCC3)cn2)cc1. The first kappa shape index (κ1) is 28.6. The zero-order chi connectivity index (χ0) is 26.3. The number of carboxylic acids is 1. The minimum absolute atomic E-state index is 0.307. The maximum absolute atomic E-state index is 12.1. The number of unbranched alkanes of at least 4 members (excludes halogenated alkanes) is 7. The van der Waals surface area contributed by atoms with E-state index in [1.807, 2.05) is 0 Å². The molecule has 1 aliphatic rings. The van der Waals surface area contributed by atoms with Gasteiger partial charge in [-0.3, -0.25) is 4.79 Å². The molecule has 1 aromatic heterocycles. The smallest absolute Gasteiger partial charge is 0.328 e. The quantitative estimate of drug-likeness (QED) is 0.220. The Labute approximate surface area is 222 Å². The van der Waals surface area contributed by atoms with Crippen LogP contribution in [-0.4, -0.2) is 27.7 Å². The largest absolute Gasteiger partial charge is 0.490 e. The van der Waals surface area contributed by atoms with Gasteiger partial charge in [0.1, 0.15) is 0 Å². The number of aliphatic carboxylic acids is 1. The van der Waals surface area contributed by atoms with Crippen LogP contribution in [0, 0.1) is 17.2 Å². The molecule has 1 aliphatic carbocycles. The number of benzene rings is 1. The van der Waals surface area contributed by atoms with Crippen molar-refractivity contribution in [3.8, 4) is 23.2 Å². The molecule has 1 N–H and O–H groups in total. The summed E-state index contributed by atoms with van der Waals surface area (Å²) in [4.78, 5) is 20.9. The maximum Gasteiger partial charge on any atom is 0.328 e. The number of rotatable bonds is 17. The molecule has 1 saturated carbocycles. The summed E-state index contributed by atoms with van der Waals surface area (Å²) >= 11 is 0. The average molecular weight is 506 g/mol. The van der Waals surface area contributed by atoms with E-state index in [1.165, 1.54) is 57.8 Å². The van der Waals surface area contributed by atoms with Crippen LogP contribution in [0.15, 0.2) is 36.7 Å². The lowest BCUT2D eigenvalue weighted by molar-refractivity contribution is -0.141. The monoisotopic (exact) mass is 505 g/mol. The molecule has 2 aromatic rings. The molecule has 0 bridgehead atoms. The number of carbonyl (C=O) groups is 1. The third-order valence-electron chi connectivity index (χ3n) is 7.73. The summed E-state index contributed by atoms with van der Waals surface area (Å²) in [5, 5.41) is 19.7. The van der Waals surface area contributed by atoms with Crippen LogP contribution in [-0.2, 0) is 10.2 Å². The van der Waals surface area contributed by atoms with E-state index in [0.29, 0.717) is 36.6 Å². The van der Waals surface area contributed by atoms with Gasteiger partial charge in [-0.1, -0.05) is 115 Å². The molecule has 3 rings (SSSR count). The first-order chi connectivity index (χ1) is 18.1. The second-order valence-electron chi connectivity index (χ2n) is 10.5. The van der Waals surface area contributed by atoms with Crippen molar-refractivity contribution in [2.75, 3.05) is 6.61 Å². The number of hydrogen-bond acceptors (Lipinski definition) is 5. The van der Waals surface area contributed by atoms with E-state index in [0.717, 1.165) is 37.2 Å². The van der Waals surface area contributed by atoms with Crippen LogP contribution in [0.5, 0.6) is 5.75 Å². The highest BCUT2D eigenvalue weighted by Gasteiger charge is 2.40. The Morgan fingerprint density at radius 1 is 1.00 bits per heavy atom. The Hall–Kier alpha value is -2.94. The fraction of sp³-hybridized carbons (Fsp3) is 0.613. The van der Waals surface area contributed by atoms with Gasteiger partial charge >= 0.3 is 5.97 Å². The number of hydrogen-bond donors (Lipinski definition) is 1. The summed E-state index contributed by atoms with van der Waals surface area (Å²) in [5.41, 5.74) is -0.252. The maximum atomic E-state index is 12.1. The number of nitrogens with zero attached hydrogens (tertiary/aromatic N) is 3. The molecule has 6 nitrogen and oxygen atoms in total. The zero-order valence-electron chi connectivity index (χ0n) is 22.5. The van der Waals surface area contributed by atoms with Gasteiger partial charge in [0.25, 0.3) is 0 Å². The molecule has 1 fully saturated rings. The number of nitriles is 1. The second-order valence-corrected chi connectivity index (χ2v) is 10.5. The van der Waals surface area contributed by atoms with Gasteiger partial charge in [0.15, 0.2) is 17.0 Å². The Kier molecular flexibility index (Phi) is 11.9. The number of carboxylic acid groups (broad SMARTS) is 1. The highest BCUT2D eigenvalue weighted by atomic mass is 16.5. The van der Waals surface area contributed by atoms with Crippen molar-refractivity contribution in [3.63, 3.8) is 0 Å². The van der Waals surface area contributed by atoms with Gasteiger partial charge in [0.2, 0.25) is 0 Å². The molecule has 0 saturated heterocycles. The number of ether oxygens (including phenoxy) is 1. The van der Waals surface area contributed by atoms with Gasteiger partial charge in [-0.05, 0) is 24.3 Å². The summed E-state index contributed by atoms with van der Waals surface area (Å²) in [5.74, 6) is 1.10. The summed E-state index contributed by atoms with van der Waals surface area (Å²) in [7, 11) is 0. The van der Waals surface area contributed by atoms with Crippen molar-refractivity contribution in [2.45, 2.75) is 109 Å². The van der Waals surface area contributed by atoms with Gasteiger partial charge in [0.05, 0.1) is 25.1 Å². The van der Waals surface area contributed by atoms with E-state index < -0.39 is 11.4 Å². The molecule has 0 aliphatic heterocycles. The summed E-state index contributed by atoms with van der Waals surface area (Å²) < 4.78 is 5.82. The summed E-state index contributed by atoms with van der Waals surface area (Å²) in [6.07, 6.45) is 20.8. The summed E-state index contributed by atoms with van der Waals surface area (Å²) in [6.45, 7) is 2.78. The highest BCUT2D eigenvalue weighted by Crippen LogP contribution is 2.32. The van der Waals surface area contributed by atoms with Crippen LogP contribution in [0.2, 0.25) is 0 Å². The van der Waals surface area contributed by atoms with Gasteiger partial charge in [-0.2, -0.15) is 5.26 Å². The van der Waals surface area contributed by atoms with E-state index in [2.05, 4.69) is 23.0 Å². The topological polar surface area (TPSA) is 96.1 Å². The predicted molar refractivity (Wildman–Crippen MR) is 146 cm³/mol. The fourth-order valence-corrected chi connectivity index (χ4v) is 5.36. The molecule has 1 heterocycles. The van der Waals surface area contributed by atoms with Crippen LogP contribution in [0.25, 0.3) is 11.4 Å². The fourth-order valence-electron chi connectivity index (χ4n) is 5.36. The van der Waals surface area contributed by atoms with E-state index in [4.69, 9.17) is 4.74 Å². The van der Waals surface area contributed by atoms with Gasteiger partial charge in [-0.15, -0.1) is 0 Å². The van der Waals surface area contributed by atoms with Crippen molar-refractivity contribution in [2.24, 2.45) is 5.92 Å². The average Bonchev–Trinajstić information content (AvgIpc) is 3.44. The molecule has 1 atom stereocenters.